The lowest BCUT2D eigenvalue weighted by atomic mass is 10.1. The van der Waals surface area contributed by atoms with Crippen LogP contribution in [-0.4, -0.2) is 47.3 Å². The molecule has 2 aromatic heterocycles. The van der Waals surface area contributed by atoms with Gasteiger partial charge < -0.3 is 19.6 Å². The molecule has 8 heteroatoms. The van der Waals surface area contributed by atoms with E-state index in [1.807, 2.05) is 58.8 Å². The lowest BCUT2D eigenvalue weighted by Gasteiger charge is -2.23. The number of H-pyrrole nitrogens is 1. The molecule has 0 spiro atoms. The predicted molar refractivity (Wildman–Crippen MR) is 136 cm³/mol. The Balaban J connectivity index is 1.61. The number of aliphatic hydroxyl groups is 1. The molecule has 176 valence electrons. The molecule has 0 amide bonds. The van der Waals surface area contributed by atoms with Gasteiger partial charge in [-0.2, -0.15) is 0 Å². The smallest absolute Gasteiger partial charge is 0.260 e. The van der Waals surface area contributed by atoms with Crippen molar-refractivity contribution in [3.8, 4) is 22.6 Å². The summed E-state index contributed by atoms with van der Waals surface area (Å²) in [5.74, 6) is 1.76. The molecule has 4 aromatic rings. The van der Waals surface area contributed by atoms with Gasteiger partial charge in [0.1, 0.15) is 10.7 Å². The third kappa shape index (κ3) is 5.04. The van der Waals surface area contributed by atoms with Gasteiger partial charge >= 0.3 is 0 Å². The number of nitrogens with zero attached hydrogens (tertiary/aromatic N) is 2. The van der Waals surface area contributed by atoms with Crippen molar-refractivity contribution in [3.05, 3.63) is 88.3 Å². The minimum absolute atomic E-state index is 0.201. The fourth-order valence-electron chi connectivity index (χ4n) is 3.91. The molecular weight excluding hydrogens is 450 g/mol. The van der Waals surface area contributed by atoms with Crippen molar-refractivity contribution >= 4 is 21.6 Å². The van der Waals surface area contributed by atoms with Crippen molar-refractivity contribution in [1.29, 1.82) is 0 Å². The van der Waals surface area contributed by atoms with Crippen molar-refractivity contribution in [2.45, 2.75) is 12.6 Å². The summed E-state index contributed by atoms with van der Waals surface area (Å²) >= 11 is 1.42. The van der Waals surface area contributed by atoms with E-state index in [9.17, 15) is 9.90 Å². The fraction of sp³-hybridized carbons (Fsp3) is 0.231. The van der Waals surface area contributed by atoms with Crippen LogP contribution in [0.3, 0.4) is 0 Å². The number of fused-ring (bicyclic) bond motifs is 1. The van der Waals surface area contributed by atoms with Crippen molar-refractivity contribution < 1.29 is 14.6 Å². The van der Waals surface area contributed by atoms with Crippen molar-refractivity contribution in [2.75, 3.05) is 27.3 Å². The van der Waals surface area contributed by atoms with E-state index in [0.29, 0.717) is 47.2 Å². The van der Waals surface area contributed by atoms with Crippen LogP contribution in [0.2, 0.25) is 0 Å². The molecule has 4 rings (SSSR count). The van der Waals surface area contributed by atoms with Crippen LogP contribution in [0.1, 0.15) is 17.5 Å². The number of aromatic amines is 1. The van der Waals surface area contributed by atoms with E-state index in [1.54, 1.807) is 20.3 Å². The molecule has 0 saturated heterocycles. The maximum absolute atomic E-state index is 13.1. The number of benzene rings is 2. The van der Waals surface area contributed by atoms with Crippen LogP contribution >= 0.6 is 11.3 Å². The zero-order valence-electron chi connectivity index (χ0n) is 19.2. The molecule has 2 aromatic carbocycles. The lowest BCUT2D eigenvalue weighted by molar-refractivity contribution is 0.114. The van der Waals surface area contributed by atoms with Gasteiger partial charge in [-0.05, 0) is 23.3 Å². The predicted octanol–water partition coefficient (Wildman–Crippen LogP) is 4.39. The zero-order chi connectivity index (χ0) is 24.1. The monoisotopic (exact) mass is 477 g/mol. The Hall–Kier alpha value is -3.46. The van der Waals surface area contributed by atoms with Gasteiger partial charge in [-0.1, -0.05) is 42.5 Å². The van der Waals surface area contributed by atoms with Crippen LogP contribution in [0.15, 0.2) is 71.4 Å². The molecule has 1 atom stereocenters. The van der Waals surface area contributed by atoms with Crippen molar-refractivity contribution in [1.82, 2.24) is 14.9 Å². The van der Waals surface area contributed by atoms with E-state index >= 15 is 0 Å². The summed E-state index contributed by atoms with van der Waals surface area (Å²) in [5.41, 5.74) is 2.28. The molecule has 0 saturated carbocycles. The minimum Gasteiger partial charge on any atom is -0.493 e. The van der Waals surface area contributed by atoms with E-state index in [-0.39, 0.29) is 5.56 Å². The normalized spacial score (nSPS) is 12.1. The standard InChI is InChI=1S/C26H27N3O4S/c1-4-12-29(14-20(30)17-8-6-5-7-9-17)15-23-27-25(31)24-19(16-34-26(24)28-23)18-10-11-21(32-2)22(13-18)33-3/h4-11,13,16,20,30H,1,12,14-15H2,2-3H3,(H,27,28,31)/t20-/m1/s1. The Morgan fingerprint density at radius 3 is 2.65 bits per heavy atom. The molecule has 0 bridgehead atoms. The van der Waals surface area contributed by atoms with E-state index in [2.05, 4.69) is 11.6 Å². The first-order valence-electron chi connectivity index (χ1n) is 10.8. The van der Waals surface area contributed by atoms with Crippen LogP contribution in [0.5, 0.6) is 11.5 Å². The number of hydrogen-bond acceptors (Lipinski definition) is 7. The molecule has 0 radical (unpaired) electrons. The summed E-state index contributed by atoms with van der Waals surface area (Å²) in [7, 11) is 3.17. The number of methoxy groups -OCH3 is 2. The molecule has 2 N–H and O–H groups in total. The van der Waals surface area contributed by atoms with Crippen LogP contribution in [0.25, 0.3) is 21.3 Å². The van der Waals surface area contributed by atoms with Gasteiger partial charge in [0, 0.05) is 24.0 Å². The van der Waals surface area contributed by atoms with E-state index < -0.39 is 6.10 Å². The highest BCUT2D eigenvalue weighted by Gasteiger charge is 2.18. The summed E-state index contributed by atoms with van der Waals surface area (Å²) in [6.07, 6.45) is 1.12. The maximum atomic E-state index is 13.1. The molecular formula is C26H27N3O4S. The lowest BCUT2D eigenvalue weighted by Crippen LogP contribution is -2.30. The zero-order valence-corrected chi connectivity index (χ0v) is 20.0. The van der Waals surface area contributed by atoms with Crippen LogP contribution in [-0.2, 0) is 6.54 Å². The Morgan fingerprint density at radius 2 is 1.94 bits per heavy atom. The number of aromatic nitrogens is 2. The van der Waals surface area contributed by atoms with Gasteiger partial charge in [-0.15, -0.1) is 17.9 Å². The highest BCUT2D eigenvalue weighted by atomic mass is 32.1. The first kappa shape index (κ1) is 23.7. The Bertz CT molecular complexity index is 1330. The fourth-order valence-corrected chi connectivity index (χ4v) is 4.87. The first-order valence-corrected chi connectivity index (χ1v) is 11.7. The molecule has 0 aliphatic heterocycles. The Kier molecular flexibility index (Phi) is 7.42. The summed E-state index contributed by atoms with van der Waals surface area (Å²) in [4.78, 5) is 23.4. The third-order valence-electron chi connectivity index (χ3n) is 5.56. The second kappa shape index (κ2) is 10.6. The van der Waals surface area contributed by atoms with Gasteiger partial charge in [0.2, 0.25) is 0 Å². The summed E-state index contributed by atoms with van der Waals surface area (Å²) in [5, 5.41) is 13.1. The summed E-state index contributed by atoms with van der Waals surface area (Å²) in [6, 6.07) is 15.1. The summed E-state index contributed by atoms with van der Waals surface area (Å²) in [6.45, 7) is 5.14. The van der Waals surface area contributed by atoms with E-state index in [1.165, 1.54) is 11.3 Å². The number of rotatable bonds is 10. The van der Waals surface area contributed by atoms with Gasteiger partial charge in [-0.3, -0.25) is 9.69 Å². The molecule has 0 fully saturated rings. The van der Waals surface area contributed by atoms with Crippen molar-refractivity contribution in [3.63, 3.8) is 0 Å². The average molecular weight is 478 g/mol. The largest absolute Gasteiger partial charge is 0.493 e. The SMILES string of the molecule is C=CCN(Cc1nc2scc(-c3ccc(OC)c(OC)c3)c2c(=O)[nH]1)C[C@@H](O)c1ccccc1. The molecule has 0 aliphatic rings. The van der Waals surface area contributed by atoms with E-state index in [0.717, 1.165) is 16.7 Å². The van der Waals surface area contributed by atoms with Gasteiger partial charge in [0.05, 0.1) is 32.3 Å². The Labute approximate surface area is 201 Å². The molecule has 34 heavy (non-hydrogen) atoms. The second-order valence-electron chi connectivity index (χ2n) is 7.82. The highest BCUT2D eigenvalue weighted by Crippen LogP contribution is 2.36. The number of thiophene rings is 1. The number of nitrogens with one attached hydrogen (secondary N) is 1. The second-order valence-corrected chi connectivity index (χ2v) is 8.68. The highest BCUT2D eigenvalue weighted by molar-refractivity contribution is 7.17. The topological polar surface area (TPSA) is 87.7 Å². The molecule has 7 nitrogen and oxygen atoms in total. The number of hydrogen-bond donors (Lipinski definition) is 2. The molecule has 0 unspecified atom stereocenters. The average Bonchev–Trinajstić information content (AvgIpc) is 3.29. The van der Waals surface area contributed by atoms with E-state index in [4.69, 9.17) is 14.5 Å². The molecule has 0 aliphatic carbocycles. The molecule has 2 heterocycles. The van der Waals surface area contributed by atoms with Gasteiger partial charge in [0.15, 0.2) is 11.5 Å². The minimum atomic E-state index is -0.657. The summed E-state index contributed by atoms with van der Waals surface area (Å²) < 4.78 is 10.7. The third-order valence-corrected chi connectivity index (χ3v) is 6.44. The Morgan fingerprint density at radius 1 is 1.18 bits per heavy atom. The quantitative estimate of drug-likeness (QED) is 0.330. The van der Waals surface area contributed by atoms with Crippen LogP contribution in [0.4, 0.5) is 0 Å². The maximum Gasteiger partial charge on any atom is 0.260 e. The number of aliphatic hydroxyl groups excluding tert-OH is 1. The van der Waals surface area contributed by atoms with Gasteiger partial charge in [0.25, 0.3) is 5.56 Å². The van der Waals surface area contributed by atoms with Crippen LogP contribution < -0.4 is 15.0 Å². The van der Waals surface area contributed by atoms with Crippen molar-refractivity contribution in [2.24, 2.45) is 0 Å². The first-order chi connectivity index (χ1) is 16.5. The van der Waals surface area contributed by atoms with Gasteiger partial charge in [-0.25, -0.2) is 4.98 Å². The number of ether oxygens (including phenoxy) is 2. The van der Waals surface area contributed by atoms with Crippen LogP contribution in [0, 0.1) is 0 Å².